The highest BCUT2D eigenvalue weighted by Gasteiger charge is 2.30. The average molecular weight is 455 g/mol. The first-order valence-electron chi connectivity index (χ1n) is 10.4. The predicted octanol–water partition coefficient (Wildman–Crippen LogP) is 5.64. The van der Waals surface area contributed by atoms with E-state index in [-0.39, 0.29) is 29.7 Å². The van der Waals surface area contributed by atoms with Gasteiger partial charge in [-0.15, -0.1) is 0 Å². The molecule has 0 bridgehead atoms. The molecule has 0 aliphatic rings. The molecule has 5 nitrogen and oxygen atoms in total. The number of halogens is 3. The van der Waals surface area contributed by atoms with Crippen molar-refractivity contribution in [1.29, 1.82) is 0 Å². The summed E-state index contributed by atoms with van der Waals surface area (Å²) in [5.74, 6) is -0.863. The first kappa shape index (κ1) is 24.0. The fourth-order valence-electron chi connectivity index (χ4n) is 3.32. The minimum atomic E-state index is -4.50. The van der Waals surface area contributed by atoms with Crippen LogP contribution in [0.25, 0.3) is 0 Å². The largest absolute Gasteiger partial charge is 0.416 e. The van der Waals surface area contributed by atoms with Crippen molar-refractivity contribution in [3.8, 4) is 0 Å². The van der Waals surface area contributed by atoms with Crippen molar-refractivity contribution in [3.63, 3.8) is 0 Å². The summed E-state index contributed by atoms with van der Waals surface area (Å²) in [4.78, 5) is 24.9. The molecule has 1 unspecified atom stereocenters. The van der Waals surface area contributed by atoms with Crippen LogP contribution < -0.4 is 16.0 Å². The SMILES string of the molecule is CCC(NCC(=O)Nc1cccc(C(=O)Nc2cccc(C(F)(F)F)c2)c1)c1ccccc1. The fourth-order valence-corrected chi connectivity index (χ4v) is 3.32. The Morgan fingerprint density at radius 2 is 1.52 bits per heavy atom. The summed E-state index contributed by atoms with van der Waals surface area (Å²) < 4.78 is 38.6. The Labute approximate surface area is 190 Å². The van der Waals surface area contributed by atoms with Crippen molar-refractivity contribution in [2.75, 3.05) is 17.2 Å². The maximum Gasteiger partial charge on any atom is 0.416 e. The molecule has 0 saturated carbocycles. The van der Waals surface area contributed by atoms with Crippen LogP contribution in [0.4, 0.5) is 24.5 Å². The summed E-state index contributed by atoms with van der Waals surface area (Å²) in [6.07, 6.45) is -3.70. The summed E-state index contributed by atoms with van der Waals surface area (Å²) >= 11 is 0. The number of hydrogen-bond acceptors (Lipinski definition) is 3. The van der Waals surface area contributed by atoms with Gasteiger partial charge >= 0.3 is 6.18 Å². The first-order valence-corrected chi connectivity index (χ1v) is 10.4. The van der Waals surface area contributed by atoms with Gasteiger partial charge in [0.05, 0.1) is 12.1 Å². The maximum atomic E-state index is 12.9. The van der Waals surface area contributed by atoms with Gasteiger partial charge in [-0.05, 0) is 48.4 Å². The summed E-state index contributed by atoms with van der Waals surface area (Å²) in [5.41, 5.74) is 0.871. The number of carbonyl (C=O) groups is 2. The molecule has 3 aromatic rings. The Morgan fingerprint density at radius 1 is 0.848 bits per heavy atom. The van der Waals surface area contributed by atoms with Gasteiger partial charge in [0, 0.05) is 23.0 Å². The van der Waals surface area contributed by atoms with E-state index in [1.807, 2.05) is 37.3 Å². The molecule has 33 heavy (non-hydrogen) atoms. The van der Waals surface area contributed by atoms with Gasteiger partial charge in [0.15, 0.2) is 0 Å². The fraction of sp³-hybridized carbons (Fsp3) is 0.200. The number of carbonyl (C=O) groups excluding carboxylic acids is 2. The summed E-state index contributed by atoms with van der Waals surface area (Å²) in [7, 11) is 0. The minimum absolute atomic E-state index is 0.0278. The van der Waals surface area contributed by atoms with Crippen molar-refractivity contribution in [1.82, 2.24) is 5.32 Å². The van der Waals surface area contributed by atoms with Crippen molar-refractivity contribution < 1.29 is 22.8 Å². The van der Waals surface area contributed by atoms with E-state index in [0.717, 1.165) is 24.1 Å². The van der Waals surface area contributed by atoms with E-state index >= 15 is 0 Å². The van der Waals surface area contributed by atoms with Crippen LogP contribution in [-0.4, -0.2) is 18.4 Å². The zero-order chi connectivity index (χ0) is 23.8. The van der Waals surface area contributed by atoms with Crippen LogP contribution in [0.15, 0.2) is 78.9 Å². The Balaban J connectivity index is 1.60. The van der Waals surface area contributed by atoms with Gasteiger partial charge in [0.1, 0.15) is 0 Å². The zero-order valence-electron chi connectivity index (χ0n) is 17.9. The maximum absolute atomic E-state index is 12.9. The number of nitrogens with one attached hydrogen (secondary N) is 3. The molecule has 8 heteroatoms. The normalized spacial score (nSPS) is 12.1. The Hall–Kier alpha value is -3.65. The second kappa shape index (κ2) is 10.8. The Morgan fingerprint density at radius 3 is 2.18 bits per heavy atom. The van der Waals surface area contributed by atoms with Gasteiger partial charge in [0.25, 0.3) is 5.91 Å². The van der Waals surface area contributed by atoms with Crippen molar-refractivity contribution in [2.45, 2.75) is 25.6 Å². The molecule has 172 valence electrons. The molecule has 0 aromatic heterocycles. The summed E-state index contributed by atoms with van der Waals surface area (Å²) in [6.45, 7) is 2.10. The van der Waals surface area contributed by atoms with Gasteiger partial charge in [0.2, 0.25) is 5.91 Å². The van der Waals surface area contributed by atoms with Gasteiger partial charge in [-0.2, -0.15) is 13.2 Å². The van der Waals surface area contributed by atoms with E-state index in [2.05, 4.69) is 16.0 Å². The monoisotopic (exact) mass is 455 g/mol. The molecule has 0 saturated heterocycles. The quantitative estimate of drug-likeness (QED) is 0.412. The van der Waals surface area contributed by atoms with E-state index < -0.39 is 17.6 Å². The number of amides is 2. The third-order valence-electron chi connectivity index (χ3n) is 4.98. The summed E-state index contributed by atoms with van der Waals surface area (Å²) in [6, 6.07) is 20.4. The van der Waals surface area contributed by atoms with Gasteiger partial charge in [-0.25, -0.2) is 0 Å². The smallest absolute Gasteiger partial charge is 0.325 e. The molecule has 2 amide bonds. The van der Waals surface area contributed by atoms with Crippen LogP contribution in [0.1, 0.15) is 40.9 Å². The van der Waals surface area contributed by atoms with Crippen LogP contribution in [0.3, 0.4) is 0 Å². The average Bonchev–Trinajstić information content (AvgIpc) is 2.80. The second-order valence-electron chi connectivity index (χ2n) is 7.41. The molecule has 0 radical (unpaired) electrons. The van der Waals surface area contributed by atoms with Gasteiger partial charge in [-0.3, -0.25) is 9.59 Å². The van der Waals surface area contributed by atoms with Crippen LogP contribution in [-0.2, 0) is 11.0 Å². The molecule has 3 N–H and O–H groups in total. The van der Waals surface area contributed by atoms with E-state index in [0.29, 0.717) is 5.69 Å². The standard InChI is InChI=1S/C25H24F3N3O2/c1-2-22(17-8-4-3-5-9-17)29-16-23(32)30-20-12-6-10-18(14-20)24(33)31-21-13-7-11-19(15-21)25(26,27)28/h3-15,22,29H,2,16H2,1H3,(H,30,32)(H,31,33). The van der Waals surface area contributed by atoms with Crippen molar-refractivity contribution in [2.24, 2.45) is 0 Å². The molecule has 0 heterocycles. The third kappa shape index (κ3) is 6.92. The highest BCUT2D eigenvalue weighted by molar-refractivity contribution is 6.05. The molecule has 3 rings (SSSR count). The lowest BCUT2D eigenvalue weighted by atomic mass is 10.0. The number of benzene rings is 3. The Kier molecular flexibility index (Phi) is 7.84. The van der Waals surface area contributed by atoms with Crippen LogP contribution in [0.5, 0.6) is 0 Å². The predicted molar refractivity (Wildman–Crippen MR) is 122 cm³/mol. The molecular formula is C25H24F3N3O2. The van der Waals surface area contributed by atoms with E-state index in [1.54, 1.807) is 12.1 Å². The topological polar surface area (TPSA) is 70.2 Å². The van der Waals surface area contributed by atoms with E-state index in [4.69, 9.17) is 0 Å². The van der Waals surface area contributed by atoms with Crippen molar-refractivity contribution in [3.05, 3.63) is 95.6 Å². The lowest BCUT2D eigenvalue weighted by Gasteiger charge is -2.17. The zero-order valence-corrected chi connectivity index (χ0v) is 17.9. The van der Waals surface area contributed by atoms with E-state index in [1.165, 1.54) is 24.3 Å². The molecular weight excluding hydrogens is 431 g/mol. The van der Waals surface area contributed by atoms with Crippen LogP contribution in [0, 0.1) is 0 Å². The van der Waals surface area contributed by atoms with E-state index in [9.17, 15) is 22.8 Å². The van der Waals surface area contributed by atoms with Gasteiger partial charge < -0.3 is 16.0 Å². The highest BCUT2D eigenvalue weighted by atomic mass is 19.4. The molecule has 3 aromatic carbocycles. The number of anilines is 2. The number of hydrogen-bond donors (Lipinski definition) is 3. The van der Waals surface area contributed by atoms with Crippen LogP contribution in [0.2, 0.25) is 0 Å². The Bertz CT molecular complexity index is 1100. The van der Waals surface area contributed by atoms with Crippen LogP contribution >= 0.6 is 0 Å². The van der Waals surface area contributed by atoms with Gasteiger partial charge in [-0.1, -0.05) is 49.4 Å². The molecule has 0 spiro atoms. The molecule has 0 fully saturated rings. The second-order valence-corrected chi connectivity index (χ2v) is 7.41. The molecule has 0 aliphatic heterocycles. The lowest BCUT2D eigenvalue weighted by molar-refractivity contribution is -0.137. The first-order chi connectivity index (χ1) is 15.8. The third-order valence-corrected chi connectivity index (χ3v) is 4.98. The van der Waals surface area contributed by atoms with Crippen molar-refractivity contribution >= 4 is 23.2 Å². The summed E-state index contributed by atoms with van der Waals surface area (Å²) in [5, 5.41) is 8.39. The highest BCUT2D eigenvalue weighted by Crippen LogP contribution is 2.30. The molecule has 0 aliphatic carbocycles. The number of rotatable bonds is 8. The number of alkyl halides is 3. The lowest BCUT2D eigenvalue weighted by Crippen LogP contribution is -2.31. The molecule has 1 atom stereocenters. The minimum Gasteiger partial charge on any atom is -0.325 e.